The summed E-state index contributed by atoms with van der Waals surface area (Å²) >= 11 is 0. The van der Waals surface area contributed by atoms with Crippen molar-refractivity contribution in [2.24, 2.45) is 0 Å². The second-order valence-corrected chi connectivity index (χ2v) is 5.09. The van der Waals surface area contributed by atoms with Crippen molar-refractivity contribution in [3.8, 4) is 0 Å². The van der Waals surface area contributed by atoms with Crippen molar-refractivity contribution in [3.05, 3.63) is 23.9 Å². The van der Waals surface area contributed by atoms with Crippen molar-refractivity contribution in [1.82, 2.24) is 9.88 Å². The molecule has 5 nitrogen and oxygen atoms in total. The Labute approximate surface area is 120 Å². The number of nitrogens with one attached hydrogen (secondary N) is 1. The Morgan fingerprint density at radius 3 is 2.95 bits per heavy atom. The molecule has 0 radical (unpaired) electrons. The molecular formula is C15H23N3O2. The van der Waals surface area contributed by atoms with E-state index in [-0.39, 0.29) is 5.97 Å². The van der Waals surface area contributed by atoms with Crippen LogP contribution < -0.4 is 5.32 Å². The molecule has 2 rings (SSSR count). The number of likely N-dealkylation sites (tertiary alicyclic amines) is 1. The largest absolute Gasteiger partial charge is 0.462 e. The number of anilines is 1. The highest BCUT2D eigenvalue weighted by atomic mass is 16.5. The molecule has 0 aromatic carbocycles. The van der Waals surface area contributed by atoms with Gasteiger partial charge >= 0.3 is 5.97 Å². The lowest BCUT2D eigenvalue weighted by Crippen LogP contribution is -2.35. The van der Waals surface area contributed by atoms with Gasteiger partial charge < -0.3 is 10.1 Å². The summed E-state index contributed by atoms with van der Waals surface area (Å²) in [7, 11) is 0. The monoisotopic (exact) mass is 277 g/mol. The summed E-state index contributed by atoms with van der Waals surface area (Å²) in [5.41, 5.74) is 0.503. The van der Waals surface area contributed by atoms with Crippen LogP contribution in [0.15, 0.2) is 18.3 Å². The molecule has 1 unspecified atom stereocenters. The summed E-state index contributed by atoms with van der Waals surface area (Å²) in [5, 5.41) is 3.28. The molecule has 1 aromatic heterocycles. The lowest BCUT2D eigenvalue weighted by atomic mass is 10.2. The number of carbonyl (C=O) groups is 1. The Morgan fingerprint density at radius 2 is 2.25 bits per heavy atom. The average molecular weight is 277 g/mol. The van der Waals surface area contributed by atoms with E-state index in [1.54, 1.807) is 25.3 Å². The highest BCUT2D eigenvalue weighted by Crippen LogP contribution is 2.15. The SMILES string of the molecule is CCOC(=O)c1cccnc1NCC(C)N1CCCC1. The minimum absolute atomic E-state index is 0.322. The maximum absolute atomic E-state index is 11.9. The Bertz CT molecular complexity index is 444. The summed E-state index contributed by atoms with van der Waals surface area (Å²) in [4.78, 5) is 18.6. The smallest absolute Gasteiger partial charge is 0.341 e. The fourth-order valence-corrected chi connectivity index (χ4v) is 2.48. The number of ether oxygens (including phenoxy) is 1. The number of aromatic nitrogens is 1. The van der Waals surface area contributed by atoms with E-state index < -0.39 is 0 Å². The van der Waals surface area contributed by atoms with E-state index in [1.165, 1.54) is 12.8 Å². The predicted molar refractivity (Wildman–Crippen MR) is 79.0 cm³/mol. The van der Waals surface area contributed by atoms with Crippen molar-refractivity contribution in [3.63, 3.8) is 0 Å². The molecule has 0 bridgehead atoms. The zero-order valence-electron chi connectivity index (χ0n) is 12.3. The van der Waals surface area contributed by atoms with Gasteiger partial charge in [-0.1, -0.05) is 0 Å². The number of esters is 1. The van der Waals surface area contributed by atoms with Gasteiger partial charge in [-0.2, -0.15) is 0 Å². The summed E-state index contributed by atoms with van der Waals surface area (Å²) in [6.07, 6.45) is 4.25. The first kappa shape index (κ1) is 14.8. The molecule has 1 aromatic rings. The molecule has 0 amide bonds. The van der Waals surface area contributed by atoms with E-state index in [9.17, 15) is 4.79 Å². The first-order valence-corrected chi connectivity index (χ1v) is 7.32. The van der Waals surface area contributed by atoms with E-state index in [0.29, 0.717) is 24.0 Å². The van der Waals surface area contributed by atoms with E-state index in [4.69, 9.17) is 4.74 Å². The zero-order valence-corrected chi connectivity index (χ0v) is 12.3. The lowest BCUT2D eigenvalue weighted by Gasteiger charge is -2.24. The minimum atomic E-state index is -0.322. The van der Waals surface area contributed by atoms with Gasteiger partial charge in [0.25, 0.3) is 0 Å². The van der Waals surface area contributed by atoms with Crippen LogP contribution >= 0.6 is 0 Å². The third-order valence-corrected chi connectivity index (χ3v) is 3.63. The first-order chi connectivity index (χ1) is 9.72. The summed E-state index contributed by atoms with van der Waals surface area (Å²) in [6.45, 7) is 7.48. The molecule has 1 aliphatic heterocycles. The highest BCUT2D eigenvalue weighted by molar-refractivity contribution is 5.94. The Balaban J connectivity index is 1.96. The topological polar surface area (TPSA) is 54.5 Å². The van der Waals surface area contributed by atoms with E-state index in [2.05, 4.69) is 22.1 Å². The molecule has 1 fully saturated rings. The Hall–Kier alpha value is -1.62. The van der Waals surface area contributed by atoms with Crippen LogP contribution in [0.25, 0.3) is 0 Å². The molecular weight excluding hydrogens is 254 g/mol. The van der Waals surface area contributed by atoms with Gasteiger partial charge in [-0.3, -0.25) is 4.90 Å². The number of pyridine rings is 1. The molecule has 20 heavy (non-hydrogen) atoms. The van der Waals surface area contributed by atoms with Crippen LogP contribution in [0.2, 0.25) is 0 Å². The lowest BCUT2D eigenvalue weighted by molar-refractivity contribution is 0.0527. The maximum atomic E-state index is 11.9. The average Bonchev–Trinajstić information content (AvgIpc) is 2.99. The van der Waals surface area contributed by atoms with Crippen LogP contribution in [0, 0.1) is 0 Å². The fourth-order valence-electron chi connectivity index (χ4n) is 2.48. The highest BCUT2D eigenvalue weighted by Gasteiger charge is 2.19. The van der Waals surface area contributed by atoms with Gasteiger partial charge in [-0.15, -0.1) is 0 Å². The Kier molecular flexibility index (Phi) is 5.35. The molecule has 0 aliphatic carbocycles. The van der Waals surface area contributed by atoms with Crippen LogP contribution in [-0.4, -0.2) is 48.1 Å². The van der Waals surface area contributed by atoms with Crippen LogP contribution in [-0.2, 0) is 4.74 Å². The van der Waals surface area contributed by atoms with Gasteiger partial charge in [-0.05, 0) is 51.9 Å². The molecule has 1 aliphatic rings. The van der Waals surface area contributed by atoms with Crippen molar-refractivity contribution in [2.75, 3.05) is 31.6 Å². The van der Waals surface area contributed by atoms with E-state index in [0.717, 1.165) is 19.6 Å². The molecule has 1 N–H and O–H groups in total. The van der Waals surface area contributed by atoms with Crippen LogP contribution in [0.5, 0.6) is 0 Å². The molecule has 1 saturated heterocycles. The van der Waals surface area contributed by atoms with Crippen molar-refractivity contribution >= 4 is 11.8 Å². The third kappa shape index (κ3) is 3.70. The second kappa shape index (κ2) is 7.24. The van der Waals surface area contributed by atoms with Gasteiger partial charge in [-0.25, -0.2) is 9.78 Å². The summed E-state index contributed by atoms with van der Waals surface area (Å²) < 4.78 is 5.05. The summed E-state index contributed by atoms with van der Waals surface area (Å²) in [6, 6.07) is 3.93. The molecule has 0 spiro atoms. The number of hydrogen-bond donors (Lipinski definition) is 1. The van der Waals surface area contributed by atoms with E-state index in [1.807, 2.05) is 0 Å². The van der Waals surface area contributed by atoms with E-state index >= 15 is 0 Å². The van der Waals surface area contributed by atoms with Crippen molar-refractivity contribution in [2.45, 2.75) is 32.7 Å². The van der Waals surface area contributed by atoms with Crippen molar-refractivity contribution in [1.29, 1.82) is 0 Å². The quantitative estimate of drug-likeness (QED) is 0.808. The normalized spacial score (nSPS) is 16.9. The van der Waals surface area contributed by atoms with Gasteiger partial charge in [0.1, 0.15) is 11.4 Å². The van der Waals surface area contributed by atoms with Crippen LogP contribution in [0.1, 0.15) is 37.0 Å². The standard InChI is InChI=1S/C15H23N3O2/c1-3-20-15(19)13-7-6-8-16-14(13)17-11-12(2)18-9-4-5-10-18/h6-8,12H,3-5,9-11H2,1-2H3,(H,16,17). The molecule has 110 valence electrons. The predicted octanol–water partition coefficient (Wildman–Crippen LogP) is 2.15. The molecule has 2 heterocycles. The molecule has 1 atom stereocenters. The van der Waals surface area contributed by atoms with Crippen LogP contribution in [0.3, 0.4) is 0 Å². The number of hydrogen-bond acceptors (Lipinski definition) is 5. The molecule has 5 heteroatoms. The Morgan fingerprint density at radius 1 is 1.50 bits per heavy atom. The first-order valence-electron chi connectivity index (χ1n) is 7.32. The number of carbonyl (C=O) groups excluding carboxylic acids is 1. The van der Waals surface area contributed by atoms with Gasteiger partial charge in [0.2, 0.25) is 0 Å². The van der Waals surface area contributed by atoms with Gasteiger partial charge in [0, 0.05) is 18.8 Å². The second-order valence-electron chi connectivity index (χ2n) is 5.09. The summed E-state index contributed by atoms with van der Waals surface area (Å²) in [5.74, 6) is 0.286. The van der Waals surface area contributed by atoms with Gasteiger partial charge in [0.05, 0.1) is 6.61 Å². The van der Waals surface area contributed by atoms with Crippen molar-refractivity contribution < 1.29 is 9.53 Å². The van der Waals surface area contributed by atoms with Crippen LogP contribution in [0.4, 0.5) is 5.82 Å². The fraction of sp³-hybridized carbons (Fsp3) is 0.600. The molecule has 0 saturated carbocycles. The van der Waals surface area contributed by atoms with Gasteiger partial charge in [0.15, 0.2) is 0 Å². The number of rotatable bonds is 6. The third-order valence-electron chi connectivity index (χ3n) is 3.63. The zero-order chi connectivity index (χ0) is 14.4. The minimum Gasteiger partial charge on any atom is -0.462 e. The maximum Gasteiger partial charge on any atom is 0.341 e. The number of nitrogens with zero attached hydrogens (tertiary/aromatic N) is 2.